The molecule has 0 radical (unpaired) electrons. The number of rotatable bonds is 5. The van der Waals surface area contributed by atoms with Crippen LogP contribution in [-0.2, 0) is 9.84 Å². The second kappa shape index (κ2) is 6.32. The third-order valence-corrected chi connectivity index (χ3v) is 4.58. The van der Waals surface area contributed by atoms with Crippen molar-refractivity contribution in [2.24, 2.45) is 0 Å². The van der Waals surface area contributed by atoms with E-state index in [2.05, 4.69) is 0 Å². The molecular weight excluding hydrogens is 300 g/mol. The molecule has 2 aromatic carbocycles. The Labute approximate surface area is 130 Å². The fourth-order valence-corrected chi connectivity index (χ4v) is 2.56. The van der Waals surface area contributed by atoms with Crippen LogP contribution in [0.15, 0.2) is 47.4 Å². The molecule has 0 aromatic heterocycles. The average molecular weight is 318 g/mol. The minimum Gasteiger partial charge on any atom is -0.485 e. The van der Waals surface area contributed by atoms with Crippen molar-refractivity contribution < 1.29 is 17.9 Å². The van der Waals surface area contributed by atoms with Gasteiger partial charge in [-0.3, -0.25) is 4.79 Å². The standard InChI is InChI=1S/C17H18O4S/c1-12-4-5-14(10-13(12)2)17(18)11-21-15-6-8-16(9-7-15)22(3,19)20/h4-10H,11H2,1-3H3. The zero-order chi connectivity index (χ0) is 16.3. The van der Waals surface area contributed by atoms with Gasteiger partial charge in [-0.1, -0.05) is 12.1 Å². The molecule has 0 saturated carbocycles. The maximum atomic E-state index is 12.1. The van der Waals surface area contributed by atoms with Gasteiger partial charge in [-0.25, -0.2) is 8.42 Å². The number of hydrogen-bond acceptors (Lipinski definition) is 4. The fraction of sp³-hybridized carbons (Fsp3) is 0.235. The molecule has 116 valence electrons. The molecule has 0 saturated heterocycles. The van der Waals surface area contributed by atoms with E-state index in [1.165, 1.54) is 12.1 Å². The van der Waals surface area contributed by atoms with E-state index in [1.807, 2.05) is 26.0 Å². The van der Waals surface area contributed by atoms with Crippen molar-refractivity contribution >= 4 is 15.6 Å². The zero-order valence-electron chi connectivity index (χ0n) is 12.8. The lowest BCUT2D eigenvalue weighted by Crippen LogP contribution is -2.12. The van der Waals surface area contributed by atoms with Gasteiger partial charge in [0.05, 0.1) is 4.90 Å². The molecule has 0 N–H and O–H groups in total. The minimum absolute atomic E-state index is 0.0826. The van der Waals surface area contributed by atoms with Crippen LogP contribution in [0.1, 0.15) is 21.5 Å². The Kier molecular flexibility index (Phi) is 4.66. The lowest BCUT2D eigenvalue weighted by Gasteiger charge is -2.07. The van der Waals surface area contributed by atoms with E-state index < -0.39 is 9.84 Å². The summed E-state index contributed by atoms with van der Waals surface area (Å²) >= 11 is 0. The van der Waals surface area contributed by atoms with Gasteiger partial charge in [-0.2, -0.15) is 0 Å². The number of sulfone groups is 1. The number of benzene rings is 2. The van der Waals surface area contributed by atoms with E-state index >= 15 is 0 Å². The molecule has 0 amide bonds. The van der Waals surface area contributed by atoms with Crippen LogP contribution in [0, 0.1) is 13.8 Å². The van der Waals surface area contributed by atoms with Crippen LogP contribution in [0.2, 0.25) is 0 Å². The summed E-state index contributed by atoms with van der Waals surface area (Å²) in [6, 6.07) is 11.5. The molecule has 0 heterocycles. The van der Waals surface area contributed by atoms with Gasteiger partial charge < -0.3 is 4.74 Å². The van der Waals surface area contributed by atoms with Gasteiger partial charge in [0.1, 0.15) is 5.75 Å². The first-order chi connectivity index (χ1) is 10.3. The Hall–Kier alpha value is -2.14. The Morgan fingerprint density at radius 2 is 1.64 bits per heavy atom. The lowest BCUT2D eigenvalue weighted by molar-refractivity contribution is 0.0921. The maximum Gasteiger partial charge on any atom is 0.200 e. The molecule has 0 aliphatic heterocycles. The Balaban J connectivity index is 2.03. The minimum atomic E-state index is -3.23. The second-order valence-corrected chi connectivity index (χ2v) is 7.27. The van der Waals surface area contributed by atoms with Crippen LogP contribution in [0.5, 0.6) is 5.75 Å². The molecule has 22 heavy (non-hydrogen) atoms. The normalized spacial score (nSPS) is 11.2. The number of hydrogen-bond donors (Lipinski definition) is 0. The van der Waals surface area contributed by atoms with Gasteiger partial charge in [-0.15, -0.1) is 0 Å². The predicted octanol–water partition coefficient (Wildman–Crippen LogP) is 2.97. The number of aryl methyl sites for hydroxylation is 2. The number of carbonyl (C=O) groups excluding carboxylic acids is 1. The van der Waals surface area contributed by atoms with Crippen molar-refractivity contribution in [2.45, 2.75) is 18.7 Å². The number of ketones is 1. The maximum absolute atomic E-state index is 12.1. The van der Waals surface area contributed by atoms with E-state index in [1.54, 1.807) is 18.2 Å². The third-order valence-electron chi connectivity index (χ3n) is 3.45. The zero-order valence-corrected chi connectivity index (χ0v) is 13.6. The fourth-order valence-electron chi connectivity index (χ4n) is 1.93. The SMILES string of the molecule is Cc1ccc(C(=O)COc2ccc(S(C)(=O)=O)cc2)cc1C. The number of ether oxygens (including phenoxy) is 1. The quantitative estimate of drug-likeness (QED) is 0.795. The topological polar surface area (TPSA) is 60.4 Å². The van der Waals surface area contributed by atoms with Gasteiger partial charge in [-0.05, 0) is 55.3 Å². The Morgan fingerprint density at radius 1 is 1.00 bits per heavy atom. The Morgan fingerprint density at radius 3 is 2.18 bits per heavy atom. The average Bonchev–Trinajstić information content (AvgIpc) is 2.47. The first kappa shape index (κ1) is 16.2. The number of Topliss-reactive ketones (excluding diaryl/α,β-unsaturated/α-hetero) is 1. The molecule has 2 rings (SSSR count). The largest absolute Gasteiger partial charge is 0.485 e. The van der Waals surface area contributed by atoms with Gasteiger partial charge in [0.15, 0.2) is 22.2 Å². The summed E-state index contributed by atoms with van der Waals surface area (Å²) in [5.74, 6) is 0.347. The van der Waals surface area contributed by atoms with Crippen molar-refractivity contribution in [1.82, 2.24) is 0 Å². The first-order valence-electron chi connectivity index (χ1n) is 6.81. The molecule has 2 aromatic rings. The molecule has 4 nitrogen and oxygen atoms in total. The van der Waals surface area contributed by atoms with Gasteiger partial charge >= 0.3 is 0 Å². The van der Waals surface area contributed by atoms with Crippen LogP contribution in [0.3, 0.4) is 0 Å². The van der Waals surface area contributed by atoms with Crippen molar-refractivity contribution in [3.63, 3.8) is 0 Å². The van der Waals surface area contributed by atoms with E-state index in [0.29, 0.717) is 11.3 Å². The summed E-state index contributed by atoms with van der Waals surface area (Å²) in [6.45, 7) is 3.86. The van der Waals surface area contributed by atoms with E-state index in [0.717, 1.165) is 17.4 Å². The summed E-state index contributed by atoms with van der Waals surface area (Å²) < 4.78 is 28.1. The summed E-state index contributed by atoms with van der Waals surface area (Å²) in [7, 11) is -3.23. The van der Waals surface area contributed by atoms with Crippen LogP contribution < -0.4 is 4.74 Å². The molecular formula is C17H18O4S. The van der Waals surface area contributed by atoms with E-state index in [-0.39, 0.29) is 17.3 Å². The molecule has 0 fully saturated rings. The molecule has 0 bridgehead atoms. The van der Waals surface area contributed by atoms with Gasteiger partial charge in [0.2, 0.25) is 0 Å². The van der Waals surface area contributed by atoms with Crippen molar-refractivity contribution in [3.05, 3.63) is 59.2 Å². The van der Waals surface area contributed by atoms with Crippen LogP contribution in [0.4, 0.5) is 0 Å². The van der Waals surface area contributed by atoms with Gasteiger partial charge in [0, 0.05) is 11.8 Å². The monoisotopic (exact) mass is 318 g/mol. The first-order valence-corrected chi connectivity index (χ1v) is 8.70. The highest BCUT2D eigenvalue weighted by Gasteiger charge is 2.09. The molecule has 0 aliphatic carbocycles. The molecule has 5 heteroatoms. The molecule has 0 atom stereocenters. The predicted molar refractivity (Wildman–Crippen MR) is 85.3 cm³/mol. The molecule has 0 aliphatic rings. The smallest absolute Gasteiger partial charge is 0.200 e. The summed E-state index contributed by atoms with van der Waals surface area (Å²) in [6.07, 6.45) is 1.14. The van der Waals surface area contributed by atoms with Gasteiger partial charge in [0.25, 0.3) is 0 Å². The van der Waals surface area contributed by atoms with Crippen molar-refractivity contribution in [2.75, 3.05) is 12.9 Å². The summed E-state index contributed by atoms with van der Waals surface area (Å²) in [5, 5.41) is 0. The van der Waals surface area contributed by atoms with Crippen LogP contribution in [-0.4, -0.2) is 27.1 Å². The third kappa shape index (κ3) is 3.95. The highest BCUT2D eigenvalue weighted by atomic mass is 32.2. The lowest BCUT2D eigenvalue weighted by atomic mass is 10.0. The van der Waals surface area contributed by atoms with E-state index in [9.17, 15) is 13.2 Å². The van der Waals surface area contributed by atoms with Crippen molar-refractivity contribution in [3.8, 4) is 5.75 Å². The van der Waals surface area contributed by atoms with E-state index in [4.69, 9.17) is 4.74 Å². The second-order valence-electron chi connectivity index (χ2n) is 5.25. The summed E-state index contributed by atoms with van der Waals surface area (Å²) in [5.41, 5.74) is 2.80. The number of carbonyl (C=O) groups is 1. The highest BCUT2D eigenvalue weighted by molar-refractivity contribution is 7.90. The molecule has 0 spiro atoms. The van der Waals surface area contributed by atoms with Crippen LogP contribution in [0.25, 0.3) is 0 Å². The van der Waals surface area contributed by atoms with Crippen molar-refractivity contribution in [1.29, 1.82) is 0 Å². The highest BCUT2D eigenvalue weighted by Crippen LogP contribution is 2.16. The Bertz CT molecular complexity index is 790. The molecule has 0 unspecified atom stereocenters. The van der Waals surface area contributed by atoms with Crippen LogP contribution >= 0.6 is 0 Å². The summed E-state index contributed by atoms with van der Waals surface area (Å²) in [4.78, 5) is 12.3.